The van der Waals surface area contributed by atoms with Crippen molar-refractivity contribution in [2.45, 2.75) is 0 Å². The topological polar surface area (TPSA) is 111 Å². The first-order chi connectivity index (χ1) is 21.8. The molecule has 10 heteroatoms. The molecule has 3 aromatic carbocycles. The second-order valence-electron chi connectivity index (χ2n) is 10.9. The van der Waals surface area contributed by atoms with Crippen LogP contribution >= 0.6 is 0 Å². The van der Waals surface area contributed by atoms with Crippen molar-refractivity contribution in [3.8, 4) is 23.1 Å². The fourth-order valence-corrected chi connectivity index (χ4v) is 5.01. The number of nitrogens with zero attached hydrogens (tertiary/aromatic N) is 6. The molecule has 0 aliphatic heterocycles. The van der Waals surface area contributed by atoms with Crippen molar-refractivity contribution in [3.05, 3.63) is 96.3 Å². The maximum absolute atomic E-state index is 13.4. The van der Waals surface area contributed by atoms with Crippen molar-refractivity contribution in [3.63, 3.8) is 0 Å². The van der Waals surface area contributed by atoms with Crippen LogP contribution in [0.3, 0.4) is 0 Å². The fraction of sp³-hybridized carbons (Fsp3) is 0.200. The number of aromatic nitrogens is 3. The van der Waals surface area contributed by atoms with Crippen LogP contribution in [-0.2, 0) is 11.8 Å². The number of likely N-dealkylation sites (N-methyl/N-ethyl adjacent to an activating group) is 2. The molecule has 0 atom stereocenters. The largest absolute Gasteiger partial charge is 0.494 e. The van der Waals surface area contributed by atoms with Crippen molar-refractivity contribution >= 4 is 45.9 Å². The van der Waals surface area contributed by atoms with Gasteiger partial charge in [-0.2, -0.15) is 5.26 Å². The van der Waals surface area contributed by atoms with Crippen molar-refractivity contribution in [1.29, 1.82) is 5.26 Å². The molecule has 5 rings (SSSR count). The summed E-state index contributed by atoms with van der Waals surface area (Å²) in [6.07, 6.45) is 5.33. The maximum atomic E-state index is 13.4. The molecule has 2 N–H and O–H groups in total. The number of aryl methyl sites for hydroxylation is 1. The van der Waals surface area contributed by atoms with E-state index in [1.165, 1.54) is 0 Å². The van der Waals surface area contributed by atoms with Gasteiger partial charge in [-0.1, -0.05) is 48.5 Å². The van der Waals surface area contributed by atoms with Gasteiger partial charge in [0.2, 0.25) is 5.95 Å². The molecule has 0 radical (unpaired) electrons. The highest BCUT2D eigenvalue weighted by Gasteiger charge is 2.19. The Morgan fingerprint density at radius 1 is 1.02 bits per heavy atom. The average Bonchev–Trinajstić information content (AvgIpc) is 3.39. The van der Waals surface area contributed by atoms with Crippen LogP contribution in [0.2, 0.25) is 0 Å². The van der Waals surface area contributed by atoms with E-state index in [0.717, 1.165) is 40.0 Å². The van der Waals surface area contributed by atoms with Gasteiger partial charge in [0.25, 0.3) is 5.91 Å². The number of ether oxygens (including phenoxy) is 1. The van der Waals surface area contributed by atoms with Gasteiger partial charge in [-0.05, 0) is 43.9 Å². The molecule has 2 aromatic heterocycles. The van der Waals surface area contributed by atoms with E-state index in [9.17, 15) is 10.1 Å². The third kappa shape index (κ3) is 7.12. The van der Waals surface area contributed by atoms with Crippen molar-refractivity contribution in [2.24, 2.45) is 7.05 Å². The van der Waals surface area contributed by atoms with Gasteiger partial charge in [0.05, 0.1) is 29.9 Å². The van der Waals surface area contributed by atoms with Gasteiger partial charge < -0.3 is 29.7 Å². The summed E-state index contributed by atoms with van der Waals surface area (Å²) in [6.45, 7) is 1.48. The molecule has 1 amide bonds. The summed E-state index contributed by atoms with van der Waals surface area (Å²) in [5.74, 6) is 0.388. The molecule has 45 heavy (non-hydrogen) atoms. The van der Waals surface area contributed by atoms with E-state index in [0.29, 0.717) is 29.6 Å². The van der Waals surface area contributed by atoms with Crippen LogP contribution in [0.4, 0.5) is 23.0 Å². The van der Waals surface area contributed by atoms with E-state index in [-0.39, 0.29) is 5.57 Å². The molecule has 0 spiro atoms. The van der Waals surface area contributed by atoms with Crippen LogP contribution in [0, 0.1) is 11.3 Å². The van der Waals surface area contributed by atoms with Gasteiger partial charge in [-0.25, -0.2) is 9.97 Å². The Labute approximate surface area is 263 Å². The lowest BCUT2D eigenvalue weighted by atomic mass is 10.1. The molecule has 0 bridgehead atoms. The normalized spacial score (nSPS) is 11.4. The number of nitrogens with one attached hydrogen (secondary N) is 2. The number of nitriles is 1. The van der Waals surface area contributed by atoms with Gasteiger partial charge in [0, 0.05) is 62.1 Å². The standard InChI is InChI=1S/C35H36N8O2/c1-41(2)17-18-42(3)32-21-33(45-5)30(20-29(32)38-34(44)25(22-36)19-24-11-7-6-8-12-24)40-35-37-16-15-28(39-35)27-23-43(4)31-14-10-9-13-26(27)31/h6-16,19-21,23H,17-18H2,1-5H3,(H,38,44)(H,37,39,40)/b25-19+. The van der Waals surface area contributed by atoms with Crippen LogP contribution in [0.15, 0.2) is 90.8 Å². The Morgan fingerprint density at radius 2 is 1.78 bits per heavy atom. The highest BCUT2D eigenvalue weighted by atomic mass is 16.5. The van der Waals surface area contributed by atoms with E-state index in [1.807, 2.05) is 93.8 Å². The van der Waals surface area contributed by atoms with E-state index >= 15 is 0 Å². The number of hydrogen-bond donors (Lipinski definition) is 2. The van der Waals surface area contributed by atoms with E-state index in [1.54, 1.807) is 25.4 Å². The number of benzene rings is 3. The highest BCUT2D eigenvalue weighted by molar-refractivity contribution is 6.11. The first-order valence-electron chi connectivity index (χ1n) is 14.5. The average molecular weight is 601 g/mol. The minimum absolute atomic E-state index is 0.0143. The molecular formula is C35H36N8O2. The lowest BCUT2D eigenvalue weighted by Gasteiger charge is -2.26. The maximum Gasteiger partial charge on any atom is 0.266 e. The summed E-state index contributed by atoms with van der Waals surface area (Å²) in [4.78, 5) is 26.8. The van der Waals surface area contributed by atoms with Gasteiger partial charge in [-0.3, -0.25) is 4.79 Å². The highest BCUT2D eigenvalue weighted by Crippen LogP contribution is 2.38. The Morgan fingerprint density at radius 3 is 2.51 bits per heavy atom. The minimum Gasteiger partial charge on any atom is -0.494 e. The molecule has 0 unspecified atom stereocenters. The van der Waals surface area contributed by atoms with Gasteiger partial charge in [-0.15, -0.1) is 0 Å². The number of para-hydroxylation sites is 1. The molecule has 0 fully saturated rings. The third-order valence-electron chi connectivity index (χ3n) is 7.41. The van der Waals surface area contributed by atoms with Crippen LogP contribution in [0.1, 0.15) is 5.56 Å². The zero-order valence-corrected chi connectivity index (χ0v) is 26.1. The molecular weight excluding hydrogens is 564 g/mol. The molecule has 0 aliphatic carbocycles. The van der Waals surface area contributed by atoms with Gasteiger partial charge in [0.15, 0.2) is 0 Å². The molecule has 5 aromatic rings. The summed E-state index contributed by atoms with van der Waals surface area (Å²) < 4.78 is 7.86. The smallest absolute Gasteiger partial charge is 0.266 e. The lowest BCUT2D eigenvalue weighted by molar-refractivity contribution is -0.112. The van der Waals surface area contributed by atoms with E-state index < -0.39 is 5.91 Å². The molecule has 0 saturated carbocycles. The Balaban J connectivity index is 1.51. The summed E-state index contributed by atoms with van der Waals surface area (Å²) in [6, 6.07) is 25.0. The zero-order valence-electron chi connectivity index (χ0n) is 26.1. The van der Waals surface area contributed by atoms with Crippen LogP contribution in [-0.4, -0.2) is 66.7 Å². The molecule has 228 valence electrons. The van der Waals surface area contributed by atoms with Crippen LogP contribution in [0.25, 0.3) is 28.2 Å². The quantitative estimate of drug-likeness (QED) is 0.142. The van der Waals surface area contributed by atoms with Crippen molar-refractivity contribution in [2.75, 3.05) is 56.9 Å². The number of methoxy groups -OCH3 is 1. The molecule has 2 heterocycles. The number of amides is 1. The van der Waals surface area contributed by atoms with Crippen LogP contribution in [0.5, 0.6) is 5.75 Å². The predicted molar refractivity (Wildman–Crippen MR) is 181 cm³/mol. The van der Waals surface area contributed by atoms with Gasteiger partial charge in [0.1, 0.15) is 17.4 Å². The Bertz CT molecular complexity index is 1890. The summed E-state index contributed by atoms with van der Waals surface area (Å²) in [5, 5.41) is 17.2. The Kier molecular flexibility index (Phi) is 9.41. The number of rotatable bonds is 11. The van der Waals surface area contributed by atoms with E-state index in [2.05, 4.69) is 43.4 Å². The fourth-order valence-electron chi connectivity index (χ4n) is 5.01. The second-order valence-corrected chi connectivity index (χ2v) is 10.9. The van der Waals surface area contributed by atoms with Gasteiger partial charge >= 0.3 is 0 Å². The minimum atomic E-state index is -0.520. The van der Waals surface area contributed by atoms with Crippen molar-refractivity contribution < 1.29 is 9.53 Å². The number of hydrogen-bond acceptors (Lipinski definition) is 8. The summed E-state index contributed by atoms with van der Waals surface area (Å²) >= 11 is 0. The van der Waals surface area contributed by atoms with Crippen LogP contribution < -0.4 is 20.3 Å². The number of anilines is 4. The third-order valence-corrected chi connectivity index (χ3v) is 7.41. The Hall–Kier alpha value is -5.66. The summed E-state index contributed by atoms with van der Waals surface area (Å²) in [7, 11) is 9.56. The molecule has 10 nitrogen and oxygen atoms in total. The van der Waals surface area contributed by atoms with E-state index in [4.69, 9.17) is 9.72 Å². The first kappa shape index (κ1) is 30.8. The SMILES string of the molecule is COc1cc(N(C)CCN(C)C)c(NC(=O)/C(C#N)=C/c2ccccc2)cc1Nc1nccc(-c2cn(C)c3ccccc23)n1. The number of fused-ring (bicyclic) bond motifs is 1. The molecule has 0 saturated heterocycles. The predicted octanol–water partition coefficient (Wildman–Crippen LogP) is 5.93. The molecule has 0 aliphatic rings. The lowest BCUT2D eigenvalue weighted by Crippen LogP contribution is -2.29. The zero-order chi connectivity index (χ0) is 31.9. The second kappa shape index (κ2) is 13.8. The number of carbonyl (C=O) groups excluding carboxylic acids is 1. The number of carbonyl (C=O) groups is 1. The first-order valence-corrected chi connectivity index (χ1v) is 14.5. The van der Waals surface area contributed by atoms with Crippen molar-refractivity contribution in [1.82, 2.24) is 19.4 Å². The monoisotopic (exact) mass is 600 g/mol. The summed E-state index contributed by atoms with van der Waals surface area (Å²) in [5.41, 5.74) is 5.39.